The monoisotopic (exact) mass is 251 g/mol. The predicted octanol–water partition coefficient (Wildman–Crippen LogP) is -0.437. The number of morpholine rings is 1. The fraction of sp³-hybridized carbons (Fsp3) is 0.500. The van der Waals surface area contributed by atoms with Crippen LogP contribution in [0.25, 0.3) is 0 Å². The van der Waals surface area contributed by atoms with Crippen molar-refractivity contribution < 1.29 is 9.53 Å². The number of H-pyrrole nitrogens is 1. The minimum atomic E-state index is -0.280. The van der Waals surface area contributed by atoms with Crippen LogP contribution in [0.3, 0.4) is 0 Å². The quantitative estimate of drug-likeness (QED) is 0.746. The average molecular weight is 251 g/mol. The van der Waals surface area contributed by atoms with Crippen molar-refractivity contribution in [3.05, 3.63) is 34.2 Å². The molecule has 3 N–H and O–H groups in total. The van der Waals surface area contributed by atoms with Gasteiger partial charge in [-0.05, 0) is 13.0 Å². The SMILES string of the molecule is CC1COC(CN)CN1C(=O)c1cccc(=O)[nH]1. The Bertz CT molecular complexity index is 485. The Kier molecular flexibility index (Phi) is 3.78. The van der Waals surface area contributed by atoms with Crippen LogP contribution in [0.15, 0.2) is 23.0 Å². The van der Waals surface area contributed by atoms with Gasteiger partial charge in [-0.2, -0.15) is 0 Å². The summed E-state index contributed by atoms with van der Waals surface area (Å²) in [4.78, 5) is 27.7. The molecule has 2 rings (SSSR count). The third-order valence-electron chi connectivity index (χ3n) is 3.03. The summed E-state index contributed by atoms with van der Waals surface area (Å²) in [7, 11) is 0. The number of nitrogens with two attached hydrogens (primary N) is 1. The van der Waals surface area contributed by atoms with Gasteiger partial charge < -0.3 is 20.4 Å². The Morgan fingerprint density at radius 3 is 3.06 bits per heavy atom. The minimum absolute atomic E-state index is 0.0241. The molecule has 1 aliphatic rings. The van der Waals surface area contributed by atoms with Crippen molar-refractivity contribution in [3.8, 4) is 0 Å². The van der Waals surface area contributed by atoms with Gasteiger partial charge >= 0.3 is 0 Å². The number of aromatic nitrogens is 1. The normalized spacial score (nSPS) is 24.0. The van der Waals surface area contributed by atoms with Crippen LogP contribution in [-0.4, -0.2) is 47.6 Å². The molecule has 6 heteroatoms. The number of hydrogen-bond donors (Lipinski definition) is 2. The van der Waals surface area contributed by atoms with Crippen LogP contribution in [0.2, 0.25) is 0 Å². The number of amides is 1. The lowest BCUT2D eigenvalue weighted by molar-refractivity contribution is -0.0428. The third-order valence-corrected chi connectivity index (χ3v) is 3.03. The van der Waals surface area contributed by atoms with E-state index < -0.39 is 0 Å². The zero-order valence-corrected chi connectivity index (χ0v) is 10.3. The van der Waals surface area contributed by atoms with Gasteiger partial charge in [0.05, 0.1) is 18.8 Å². The highest BCUT2D eigenvalue weighted by Crippen LogP contribution is 2.13. The highest BCUT2D eigenvalue weighted by atomic mass is 16.5. The summed E-state index contributed by atoms with van der Waals surface area (Å²) >= 11 is 0. The van der Waals surface area contributed by atoms with Crippen molar-refractivity contribution in [3.63, 3.8) is 0 Å². The lowest BCUT2D eigenvalue weighted by Crippen LogP contribution is -2.53. The van der Waals surface area contributed by atoms with Gasteiger partial charge in [0.2, 0.25) is 5.56 Å². The van der Waals surface area contributed by atoms with E-state index in [0.29, 0.717) is 25.4 Å². The molecule has 1 fully saturated rings. The number of aromatic amines is 1. The van der Waals surface area contributed by atoms with Crippen molar-refractivity contribution in [1.29, 1.82) is 0 Å². The lowest BCUT2D eigenvalue weighted by Gasteiger charge is -2.37. The van der Waals surface area contributed by atoms with Crippen molar-refractivity contribution in [2.45, 2.75) is 19.1 Å². The van der Waals surface area contributed by atoms with E-state index in [1.807, 2.05) is 6.92 Å². The first kappa shape index (κ1) is 12.8. The van der Waals surface area contributed by atoms with Crippen LogP contribution in [-0.2, 0) is 4.74 Å². The molecule has 98 valence electrons. The van der Waals surface area contributed by atoms with E-state index in [1.165, 1.54) is 6.07 Å². The Labute approximate surface area is 105 Å². The molecule has 2 atom stereocenters. The molecule has 1 aromatic heterocycles. The van der Waals surface area contributed by atoms with E-state index in [2.05, 4.69) is 4.98 Å². The predicted molar refractivity (Wildman–Crippen MR) is 66.4 cm³/mol. The number of rotatable bonds is 2. The zero-order chi connectivity index (χ0) is 13.1. The molecule has 0 bridgehead atoms. The van der Waals surface area contributed by atoms with Crippen LogP contribution in [0.4, 0.5) is 0 Å². The van der Waals surface area contributed by atoms with Gasteiger partial charge in [-0.25, -0.2) is 0 Å². The van der Waals surface area contributed by atoms with Crippen LogP contribution < -0.4 is 11.3 Å². The van der Waals surface area contributed by atoms with Gasteiger partial charge in [-0.3, -0.25) is 9.59 Å². The smallest absolute Gasteiger partial charge is 0.270 e. The summed E-state index contributed by atoms with van der Waals surface area (Å²) in [6.07, 6.45) is -0.138. The first-order valence-corrected chi connectivity index (χ1v) is 5.94. The Morgan fingerprint density at radius 2 is 2.39 bits per heavy atom. The lowest BCUT2D eigenvalue weighted by atomic mass is 10.1. The number of nitrogens with one attached hydrogen (secondary N) is 1. The molecule has 18 heavy (non-hydrogen) atoms. The van der Waals surface area contributed by atoms with E-state index in [-0.39, 0.29) is 23.6 Å². The van der Waals surface area contributed by atoms with Gasteiger partial charge in [0, 0.05) is 19.2 Å². The summed E-state index contributed by atoms with van der Waals surface area (Å²) in [6, 6.07) is 4.52. The molecule has 0 saturated carbocycles. The molecule has 2 heterocycles. The minimum Gasteiger partial charge on any atom is -0.373 e. The van der Waals surface area contributed by atoms with E-state index in [1.54, 1.807) is 17.0 Å². The number of carbonyl (C=O) groups is 1. The Morgan fingerprint density at radius 1 is 1.61 bits per heavy atom. The van der Waals surface area contributed by atoms with Crippen molar-refractivity contribution in [1.82, 2.24) is 9.88 Å². The maximum Gasteiger partial charge on any atom is 0.270 e. The highest BCUT2D eigenvalue weighted by Gasteiger charge is 2.29. The van der Waals surface area contributed by atoms with Crippen molar-refractivity contribution >= 4 is 5.91 Å². The van der Waals surface area contributed by atoms with Crippen molar-refractivity contribution in [2.75, 3.05) is 19.7 Å². The first-order valence-electron chi connectivity index (χ1n) is 5.94. The van der Waals surface area contributed by atoms with Crippen molar-refractivity contribution in [2.24, 2.45) is 5.73 Å². The molecule has 6 nitrogen and oxygen atoms in total. The van der Waals surface area contributed by atoms with Gasteiger partial charge in [-0.15, -0.1) is 0 Å². The topological polar surface area (TPSA) is 88.4 Å². The van der Waals surface area contributed by atoms with E-state index in [4.69, 9.17) is 10.5 Å². The van der Waals surface area contributed by atoms with Crippen LogP contribution in [0, 0.1) is 0 Å². The highest BCUT2D eigenvalue weighted by molar-refractivity contribution is 5.92. The second kappa shape index (κ2) is 5.32. The fourth-order valence-electron chi connectivity index (χ4n) is 1.97. The molecule has 1 aliphatic heterocycles. The maximum absolute atomic E-state index is 12.3. The largest absolute Gasteiger partial charge is 0.373 e. The molecular weight excluding hydrogens is 234 g/mol. The summed E-state index contributed by atoms with van der Waals surface area (Å²) < 4.78 is 5.49. The number of hydrogen-bond acceptors (Lipinski definition) is 4. The van der Waals surface area contributed by atoms with E-state index >= 15 is 0 Å². The molecule has 0 spiro atoms. The molecule has 0 radical (unpaired) electrons. The average Bonchev–Trinajstić information content (AvgIpc) is 2.38. The summed E-state index contributed by atoms with van der Waals surface area (Å²) in [5, 5.41) is 0. The zero-order valence-electron chi connectivity index (χ0n) is 10.3. The number of ether oxygens (including phenoxy) is 1. The molecule has 1 saturated heterocycles. The van der Waals surface area contributed by atoms with Crippen LogP contribution >= 0.6 is 0 Å². The Balaban J connectivity index is 2.19. The molecule has 1 aromatic rings. The third kappa shape index (κ3) is 2.60. The van der Waals surface area contributed by atoms with Gasteiger partial charge in [0.1, 0.15) is 5.69 Å². The second-order valence-corrected chi connectivity index (χ2v) is 4.43. The second-order valence-electron chi connectivity index (χ2n) is 4.43. The van der Waals surface area contributed by atoms with Gasteiger partial charge in [-0.1, -0.05) is 6.07 Å². The Hall–Kier alpha value is -1.66. The fourth-order valence-corrected chi connectivity index (χ4v) is 1.97. The molecule has 2 unspecified atom stereocenters. The summed E-state index contributed by atoms with van der Waals surface area (Å²) in [6.45, 7) is 3.20. The molecule has 1 amide bonds. The first-order chi connectivity index (χ1) is 8.61. The van der Waals surface area contributed by atoms with E-state index in [9.17, 15) is 9.59 Å². The number of nitrogens with zero attached hydrogens (tertiary/aromatic N) is 1. The van der Waals surface area contributed by atoms with Gasteiger partial charge in [0.25, 0.3) is 5.91 Å². The molecular formula is C12H17N3O3. The molecule has 0 aromatic carbocycles. The molecule has 0 aliphatic carbocycles. The number of carbonyl (C=O) groups excluding carboxylic acids is 1. The number of pyridine rings is 1. The standard InChI is InChI=1S/C12H17N3O3/c1-8-7-18-9(5-13)6-15(8)12(17)10-3-2-4-11(16)14-10/h2-4,8-9H,5-7,13H2,1H3,(H,14,16). The van der Waals surface area contributed by atoms with Crippen LogP contribution in [0.5, 0.6) is 0 Å². The van der Waals surface area contributed by atoms with Crippen LogP contribution in [0.1, 0.15) is 17.4 Å². The van der Waals surface area contributed by atoms with Gasteiger partial charge in [0.15, 0.2) is 0 Å². The maximum atomic E-state index is 12.3. The summed E-state index contributed by atoms with van der Waals surface area (Å²) in [5.41, 5.74) is 5.57. The summed E-state index contributed by atoms with van der Waals surface area (Å²) in [5.74, 6) is -0.193. The van der Waals surface area contributed by atoms with E-state index in [0.717, 1.165) is 0 Å².